The van der Waals surface area contributed by atoms with E-state index in [2.05, 4.69) is 4.74 Å². The third-order valence-electron chi connectivity index (χ3n) is 1.85. The Morgan fingerprint density at radius 1 is 1.38 bits per heavy atom. The maximum atomic E-state index is 11.0. The number of primary amides is 2. The Bertz CT molecular complexity index is 206. The molecule has 0 aromatic heterocycles. The number of carbonyl (C=O) groups excluding carboxylic acids is 2. The molecule has 2 amide bonds. The molecule has 0 spiro atoms. The van der Waals surface area contributed by atoms with Crippen molar-refractivity contribution >= 4 is 12.0 Å². The fraction of sp³-hybridized carbons (Fsp3) is 0.750. The largest absolute Gasteiger partial charge is 0.433 e. The van der Waals surface area contributed by atoms with E-state index in [9.17, 15) is 9.59 Å². The first kappa shape index (κ1) is 11.7. The van der Waals surface area contributed by atoms with Crippen molar-refractivity contribution in [3.63, 3.8) is 0 Å². The van der Waals surface area contributed by atoms with Crippen LogP contribution in [-0.2, 0) is 9.53 Å². The van der Waals surface area contributed by atoms with Crippen LogP contribution in [0.15, 0.2) is 0 Å². The zero-order valence-electron chi connectivity index (χ0n) is 8.00. The van der Waals surface area contributed by atoms with Crippen molar-refractivity contribution in [1.29, 1.82) is 0 Å². The highest BCUT2D eigenvalue weighted by Gasteiger charge is 2.33. The van der Waals surface area contributed by atoms with Crippen molar-refractivity contribution in [2.24, 2.45) is 11.5 Å². The van der Waals surface area contributed by atoms with Crippen LogP contribution in [0.4, 0.5) is 4.79 Å². The lowest BCUT2D eigenvalue weighted by molar-refractivity contribution is -0.135. The van der Waals surface area contributed by atoms with Gasteiger partial charge in [-0.25, -0.2) is 4.79 Å². The highest BCUT2D eigenvalue weighted by molar-refractivity contribution is 5.85. The van der Waals surface area contributed by atoms with Gasteiger partial charge in [-0.15, -0.1) is 0 Å². The molecule has 0 aliphatic rings. The molecular weight excluding hydrogens is 172 g/mol. The van der Waals surface area contributed by atoms with Crippen LogP contribution in [-0.4, -0.2) is 17.6 Å². The molecule has 0 aliphatic heterocycles. The van der Waals surface area contributed by atoms with Gasteiger partial charge in [0, 0.05) is 0 Å². The van der Waals surface area contributed by atoms with Crippen LogP contribution in [0.25, 0.3) is 0 Å². The molecule has 0 aromatic rings. The van der Waals surface area contributed by atoms with Gasteiger partial charge in [0.2, 0.25) is 0 Å². The number of nitrogens with two attached hydrogens (primary N) is 2. The van der Waals surface area contributed by atoms with Crippen molar-refractivity contribution in [2.75, 3.05) is 0 Å². The van der Waals surface area contributed by atoms with Crippen LogP contribution < -0.4 is 11.5 Å². The molecule has 0 bridgehead atoms. The summed E-state index contributed by atoms with van der Waals surface area (Å²) in [6, 6.07) is 0. The minimum Gasteiger partial charge on any atom is -0.433 e. The van der Waals surface area contributed by atoms with Gasteiger partial charge in [0.1, 0.15) is 0 Å². The first-order valence-corrected chi connectivity index (χ1v) is 4.20. The highest BCUT2D eigenvalue weighted by atomic mass is 16.6. The molecule has 0 fully saturated rings. The van der Waals surface area contributed by atoms with E-state index < -0.39 is 17.6 Å². The fourth-order valence-corrected chi connectivity index (χ4v) is 0.961. The Hall–Kier alpha value is -1.26. The van der Waals surface area contributed by atoms with Crippen LogP contribution in [0.1, 0.15) is 33.1 Å². The molecule has 1 unspecified atom stereocenters. The number of carbonyl (C=O) groups is 2. The van der Waals surface area contributed by atoms with Gasteiger partial charge in [-0.1, -0.05) is 13.3 Å². The Morgan fingerprint density at radius 3 is 2.23 bits per heavy atom. The second-order valence-corrected chi connectivity index (χ2v) is 3.12. The van der Waals surface area contributed by atoms with E-state index in [1.807, 2.05) is 6.92 Å². The molecule has 5 nitrogen and oxygen atoms in total. The number of amides is 2. The topological polar surface area (TPSA) is 95.4 Å². The number of hydrogen-bond donors (Lipinski definition) is 2. The van der Waals surface area contributed by atoms with Gasteiger partial charge in [-0.2, -0.15) is 0 Å². The summed E-state index contributed by atoms with van der Waals surface area (Å²) >= 11 is 0. The molecule has 13 heavy (non-hydrogen) atoms. The van der Waals surface area contributed by atoms with E-state index in [4.69, 9.17) is 11.5 Å². The van der Waals surface area contributed by atoms with Gasteiger partial charge < -0.3 is 16.2 Å². The lowest BCUT2D eigenvalue weighted by atomic mass is 9.98. The molecule has 0 heterocycles. The smallest absolute Gasteiger partial charge is 0.405 e. The van der Waals surface area contributed by atoms with Gasteiger partial charge in [-0.05, 0) is 19.8 Å². The second kappa shape index (κ2) is 4.69. The normalized spacial score (nSPS) is 14.6. The third kappa shape index (κ3) is 3.78. The van der Waals surface area contributed by atoms with Crippen LogP contribution in [0, 0.1) is 0 Å². The van der Waals surface area contributed by atoms with Crippen molar-refractivity contribution in [3.8, 4) is 0 Å². The van der Waals surface area contributed by atoms with Crippen LogP contribution in [0.5, 0.6) is 0 Å². The van der Waals surface area contributed by atoms with Gasteiger partial charge in [0.05, 0.1) is 0 Å². The van der Waals surface area contributed by atoms with E-state index >= 15 is 0 Å². The predicted octanol–water partition coefficient (Wildman–Crippen LogP) is 0.516. The number of ether oxygens (including phenoxy) is 1. The van der Waals surface area contributed by atoms with Crippen LogP contribution >= 0.6 is 0 Å². The minimum atomic E-state index is -1.26. The van der Waals surface area contributed by atoms with Gasteiger partial charge in [-0.3, -0.25) is 4.79 Å². The second-order valence-electron chi connectivity index (χ2n) is 3.12. The molecular formula is C8H16N2O3. The first-order chi connectivity index (χ1) is 5.92. The van der Waals surface area contributed by atoms with Gasteiger partial charge >= 0.3 is 6.09 Å². The molecule has 0 aliphatic carbocycles. The lowest BCUT2D eigenvalue weighted by Crippen LogP contribution is -2.46. The molecule has 0 radical (unpaired) electrons. The van der Waals surface area contributed by atoms with Gasteiger partial charge in [0.25, 0.3) is 5.91 Å². The highest BCUT2D eigenvalue weighted by Crippen LogP contribution is 2.18. The Labute approximate surface area is 77.4 Å². The van der Waals surface area contributed by atoms with Crippen molar-refractivity contribution < 1.29 is 14.3 Å². The standard InChI is InChI=1S/C8H16N2O3/c1-3-4-5-8(2,6(9)11)13-7(10)12/h3-5H2,1-2H3,(H2,9,11)(H2,10,12). The molecule has 4 N–H and O–H groups in total. The summed E-state index contributed by atoms with van der Waals surface area (Å²) in [5, 5.41) is 0. The number of hydrogen-bond acceptors (Lipinski definition) is 3. The fourth-order valence-electron chi connectivity index (χ4n) is 0.961. The first-order valence-electron chi connectivity index (χ1n) is 4.20. The molecule has 0 saturated carbocycles. The van der Waals surface area contributed by atoms with Crippen LogP contribution in [0.3, 0.4) is 0 Å². The number of unbranched alkanes of at least 4 members (excludes halogenated alkanes) is 1. The molecule has 76 valence electrons. The average Bonchev–Trinajstić information content (AvgIpc) is 1.99. The van der Waals surface area contributed by atoms with Crippen molar-refractivity contribution in [3.05, 3.63) is 0 Å². The molecule has 0 saturated heterocycles. The maximum absolute atomic E-state index is 11.0. The van der Waals surface area contributed by atoms with E-state index in [1.165, 1.54) is 6.92 Å². The van der Waals surface area contributed by atoms with Gasteiger partial charge in [0.15, 0.2) is 5.60 Å². The van der Waals surface area contributed by atoms with E-state index in [0.29, 0.717) is 6.42 Å². The quantitative estimate of drug-likeness (QED) is 0.658. The van der Waals surface area contributed by atoms with E-state index in [1.54, 1.807) is 0 Å². The SMILES string of the molecule is CCCCC(C)(OC(N)=O)C(N)=O. The zero-order chi connectivity index (χ0) is 10.5. The molecule has 0 rings (SSSR count). The molecule has 0 aromatic carbocycles. The minimum absolute atomic E-state index is 0.405. The number of rotatable bonds is 5. The monoisotopic (exact) mass is 188 g/mol. The molecule has 1 atom stereocenters. The summed E-state index contributed by atoms with van der Waals surface area (Å²) in [5.41, 5.74) is 8.65. The Balaban J connectivity index is 4.34. The van der Waals surface area contributed by atoms with Crippen LogP contribution in [0.2, 0.25) is 0 Å². The summed E-state index contributed by atoms with van der Waals surface area (Å²) in [7, 11) is 0. The summed E-state index contributed by atoms with van der Waals surface area (Å²) in [4.78, 5) is 21.4. The summed E-state index contributed by atoms with van der Waals surface area (Å²) in [6.45, 7) is 3.43. The summed E-state index contributed by atoms with van der Waals surface area (Å²) < 4.78 is 4.67. The summed E-state index contributed by atoms with van der Waals surface area (Å²) in [6.07, 6.45) is 1.08. The Kier molecular flexibility index (Phi) is 4.23. The lowest BCUT2D eigenvalue weighted by Gasteiger charge is -2.24. The van der Waals surface area contributed by atoms with Crippen molar-refractivity contribution in [2.45, 2.75) is 38.7 Å². The third-order valence-corrected chi connectivity index (χ3v) is 1.85. The maximum Gasteiger partial charge on any atom is 0.405 e. The summed E-state index contributed by atoms with van der Waals surface area (Å²) in [5.74, 6) is -0.667. The average molecular weight is 188 g/mol. The van der Waals surface area contributed by atoms with E-state index in [0.717, 1.165) is 12.8 Å². The predicted molar refractivity (Wildman–Crippen MR) is 47.8 cm³/mol. The zero-order valence-corrected chi connectivity index (χ0v) is 8.00. The molecule has 5 heteroatoms. The Morgan fingerprint density at radius 2 is 1.92 bits per heavy atom. The van der Waals surface area contributed by atoms with E-state index in [-0.39, 0.29) is 0 Å². The van der Waals surface area contributed by atoms with Crippen molar-refractivity contribution in [1.82, 2.24) is 0 Å².